The van der Waals surface area contributed by atoms with Crippen LogP contribution in [0.25, 0.3) is 10.9 Å². The highest BCUT2D eigenvalue weighted by atomic mass is 32.1. The molecule has 1 fully saturated rings. The molecule has 0 unspecified atom stereocenters. The van der Waals surface area contributed by atoms with E-state index in [0.717, 1.165) is 5.52 Å². The molecule has 0 radical (unpaired) electrons. The van der Waals surface area contributed by atoms with E-state index in [1.165, 1.54) is 16.6 Å². The van der Waals surface area contributed by atoms with Gasteiger partial charge in [0, 0.05) is 29.6 Å². The van der Waals surface area contributed by atoms with Gasteiger partial charge in [0.15, 0.2) is 5.11 Å². The number of para-hydroxylation sites is 1. The molecule has 0 bridgehead atoms. The Bertz CT molecular complexity index is 809. The minimum Gasteiger partial charge on any atom is -0.356 e. The van der Waals surface area contributed by atoms with Crippen LogP contribution in [-0.4, -0.2) is 38.4 Å². The number of thiocarbonyl (C=S) groups is 1. The first-order valence-electron chi connectivity index (χ1n) is 7.47. The number of hydrogen-bond acceptors (Lipinski definition) is 2. The van der Waals surface area contributed by atoms with Crippen molar-refractivity contribution in [3.05, 3.63) is 48.2 Å². The van der Waals surface area contributed by atoms with Crippen molar-refractivity contribution in [1.82, 2.24) is 14.8 Å². The molecule has 2 atom stereocenters. The van der Waals surface area contributed by atoms with Crippen LogP contribution < -0.4 is 0 Å². The molecule has 1 N–H and O–H groups in total. The van der Waals surface area contributed by atoms with E-state index in [1.807, 2.05) is 12.1 Å². The maximum Gasteiger partial charge on any atom is 0.252 e. The molecule has 4 nitrogen and oxygen atoms in total. The minimum atomic E-state index is -0.186. The molecule has 1 amide bonds. The molecule has 2 aliphatic heterocycles. The Hall–Kier alpha value is -2.14. The molecule has 1 saturated heterocycles. The predicted molar refractivity (Wildman–Crippen MR) is 90.6 cm³/mol. The SMILES string of the molecule is C=CCN1C(=O)[C@@H]2Cc3c([nH]c4ccccc34)[C@H](C)N2C1=S. The van der Waals surface area contributed by atoms with Gasteiger partial charge in [-0.15, -0.1) is 6.58 Å². The van der Waals surface area contributed by atoms with Crippen molar-refractivity contribution in [3.8, 4) is 0 Å². The first kappa shape index (κ1) is 13.5. The molecule has 1 aromatic carbocycles. The number of aromatic nitrogens is 1. The van der Waals surface area contributed by atoms with E-state index < -0.39 is 0 Å². The normalized spacial score (nSPS) is 23.9. The molecule has 0 saturated carbocycles. The van der Waals surface area contributed by atoms with E-state index in [-0.39, 0.29) is 18.0 Å². The molecule has 4 rings (SSSR count). The van der Waals surface area contributed by atoms with E-state index in [1.54, 1.807) is 11.0 Å². The fourth-order valence-electron chi connectivity index (χ4n) is 3.71. The van der Waals surface area contributed by atoms with Crippen molar-refractivity contribution in [2.45, 2.75) is 25.4 Å². The Morgan fingerprint density at radius 1 is 1.45 bits per heavy atom. The lowest BCUT2D eigenvalue weighted by Crippen LogP contribution is -2.42. The van der Waals surface area contributed by atoms with E-state index >= 15 is 0 Å². The van der Waals surface area contributed by atoms with Gasteiger partial charge >= 0.3 is 0 Å². The van der Waals surface area contributed by atoms with Gasteiger partial charge in [-0.25, -0.2) is 0 Å². The minimum absolute atomic E-state index is 0.0763. The average Bonchev–Trinajstić information content (AvgIpc) is 3.00. The second-order valence-corrected chi connectivity index (χ2v) is 6.25. The number of amides is 1. The summed E-state index contributed by atoms with van der Waals surface area (Å²) in [5.74, 6) is 0.0904. The third-order valence-electron chi connectivity index (χ3n) is 4.73. The van der Waals surface area contributed by atoms with Crippen LogP contribution in [0.3, 0.4) is 0 Å². The molecule has 3 heterocycles. The summed E-state index contributed by atoms with van der Waals surface area (Å²) >= 11 is 5.54. The Labute approximate surface area is 134 Å². The van der Waals surface area contributed by atoms with Crippen molar-refractivity contribution in [2.75, 3.05) is 6.54 Å². The summed E-state index contributed by atoms with van der Waals surface area (Å²) in [5, 5.41) is 1.83. The zero-order chi connectivity index (χ0) is 15.4. The topological polar surface area (TPSA) is 39.3 Å². The van der Waals surface area contributed by atoms with Crippen LogP contribution >= 0.6 is 12.2 Å². The van der Waals surface area contributed by atoms with Crippen LogP contribution in [0.1, 0.15) is 24.2 Å². The highest BCUT2D eigenvalue weighted by molar-refractivity contribution is 7.80. The van der Waals surface area contributed by atoms with E-state index in [9.17, 15) is 4.79 Å². The van der Waals surface area contributed by atoms with Crippen molar-refractivity contribution >= 4 is 34.1 Å². The van der Waals surface area contributed by atoms with Crippen molar-refractivity contribution in [2.24, 2.45) is 0 Å². The number of hydrogen-bond donors (Lipinski definition) is 1. The third kappa shape index (κ3) is 1.63. The monoisotopic (exact) mass is 311 g/mol. The summed E-state index contributed by atoms with van der Waals surface area (Å²) in [4.78, 5) is 19.9. The zero-order valence-electron chi connectivity index (χ0n) is 12.4. The quantitative estimate of drug-likeness (QED) is 0.685. The number of H-pyrrole nitrogens is 1. The molecule has 0 spiro atoms. The van der Waals surface area contributed by atoms with Crippen molar-refractivity contribution < 1.29 is 4.79 Å². The standard InChI is InChI=1S/C17H17N3OS/c1-3-8-19-16(21)14-9-12-11-6-4-5-7-13(11)18-15(12)10(2)20(14)17(19)22/h3-7,10,14,18H,1,8-9H2,2H3/t10-,14-/m0/s1. The Kier molecular flexibility index (Phi) is 2.87. The van der Waals surface area contributed by atoms with Gasteiger partial charge in [0.05, 0.1) is 6.04 Å². The summed E-state index contributed by atoms with van der Waals surface area (Å²) in [7, 11) is 0. The van der Waals surface area contributed by atoms with Gasteiger partial charge in [-0.05, 0) is 30.8 Å². The number of fused-ring (bicyclic) bond motifs is 4. The number of carbonyl (C=O) groups is 1. The van der Waals surface area contributed by atoms with Crippen molar-refractivity contribution in [1.29, 1.82) is 0 Å². The summed E-state index contributed by atoms with van der Waals surface area (Å²) in [6, 6.07) is 8.15. The maximum atomic E-state index is 12.7. The number of carbonyl (C=O) groups excluding carboxylic acids is 1. The Morgan fingerprint density at radius 3 is 3.00 bits per heavy atom. The number of rotatable bonds is 2. The van der Waals surface area contributed by atoms with Crippen LogP contribution in [0.15, 0.2) is 36.9 Å². The second-order valence-electron chi connectivity index (χ2n) is 5.89. The number of nitrogens with one attached hydrogen (secondary N) is 1. The van der Waals surface area contributed by atoms with Crippen LogP contribution in [0, 0.1) is 0 Å². The highest BCUT2D eigenvalue weighted by Crippen LogP contribution is 2.40. The Morgan fingerprint density at radius 2 is 2.23 bits per heavy atom. The molecule has 1 aromatic heterocycles. The summed E-state index contributed by atoms with van der Waals surface area (Å²) in [5.41, 5.74) is 3.55. The fourth-order valence-corrected chi connectivity index (χ4v) is 4.16. The largest absolute Gasteiger partial charge is 0.356 e. The third-order valence-corrected chi connectivity index (χ3v) is 5.16. The maximum absolute atomic E-state index is 12.7. The van der Waals surface area contributed by atoms with E-state index in [0.29, 0.717) is 18.1 Å². The van der Waals surface area contributed by atoms with Crippen LogP contribution in [0.5, 0.6) is 0 Å². The molecule has 0 aliphatic carbocycles. The van der Waals surface area contributed by atoms with Crippen molar-refractivity contribution in [3.63, 3.8) is 0 Å². The Balaban J connectivity index is 1.83. The number of aromatic amines is 1. The van der Waals surface area contributed by atoms with Gasteiger partial charge in [-0.1, -0.05) is 24.3 Å². The van der Waals surface area contributed by atoms with Gasteiger partial charge in [-0.2, -0.15) is 0 Å². The zero-order valence-corrected chi connectivity index (χ0v) is 13.2. The smallest absolute Gasteiger partial charge is 0.252 e. The van der Waals surface area contributed by atoms with Crippen LogP contribution in [0.2, 0.25) is 0 Å². The average molecular weight is 311 g/mol. The number of benzene rings is 1. The van der Waals surface area contributed by atoms with Crippen LogP contribution in [0.4, 0.5) is 0 Å². The molecule has 2 aromatic rings. The highest BCUT2D eigenvalue weighted by Gasteiger charge is 2.48. The first-order chi connectivity index (χ1) is 10.6. The summed E-state index contributed by atoms with van der Waals surface area (Å²) in [6.07, 6.45) is 2.43. The van der Waals surface area contributed by atoms with E-state index in [4.69, 9.17) is 12.2 Å². The lowest BCUT2D eigenvalue weighted by molar-refractivity contribution is -0.128. The molecular weight excluding hydrogens is 294 g/mol. The predicted octanol–water partition coefficient (Wildman–Crippen LogP) is 2.77. The summed E-state index contributed by atoms with van der Waals surface area (Å²) in [6.45, 7) is 6.31. The number of nitrogens with zero attached hydrogens (tertiary/aromatic N) is 2. The van der Waals surface area contributed by atoms with E-state index in [2.05, 4.69) is 35.5 Å². The van der Waals surface area contributed by atoms with Gasteiger partial charge in [0.25, 0.3) is 5.91 Å². The molecular formula is C17H17N3OS. The molecule has 112 valence electrons. The lowest BCUT2D eigenvalue weighted by Gasteiger charge is -2.34. The van der Waals surface area contributed by atoms with Gasteiger partial charge < -0.3 is 9.88 Å². The van der Waals surface area contributed by atoms with Crippen LogP contribution in [-0.2, 0) is 11.2 Å². The first-order valence-corrected chi connectivity index (χ1v) is 7.88. The van der Waals surface area contributed by atoms with Gasteiger partial charge in [-0.3, -0.25) is 9.69 Å². The molecule has 5 heteroatoms. The fraction of sp³-hybridized carbons (Fsp3) is 0.294. The molecule has 22 heavy (non-hydrogen) atoms. The van der Waals surface area contributed by atoms with Gasteiger partial charge in [0.1, 0.15) is 6.04 Å². The molecule has 2 aliphatic rings. The lowest BCUT2D eigenvalue weighted by atomic mass is 9.93. The van der Waals surface area contributed by atoms with Gasteiger partial charge in [0.2, 0.25) is 0 Å². The summed E-state index contributed by atoms with van der Waals surface area (Å²) < 4.78 is 0. The second kappa shape index (κ2) is 4.68.